The number of hydrogen-bond donors (Lipinski definition) is 1. The van der Waals surface area contributed by atoms with Crippen molar-refractivity contribution in [3.05, 3.63) is 12.2 Å². The molecule has 1 fully saturated rings. The molecule has 1 saturated carbocycles. The van der Waals surface area contributed by atoms with Crippen molar-refractivity contribution in [2.24, 2.45) is 18.2 Å². The topological polar surface area (TPSA) is 73.8 Å². The fourth-order valence-corrected chi connectivity index (χ4v) is 1.85. The van der Waals surface area contributed by atoms with Crippen molar-refractivity contribution in [3.63, 3.8) is 0 Å². The van der Waals surface area contributed by atoms with Crippen LogP contribution in [0, 0.1) is 5.41 Å². The molecule has 2 rings (SSSR count). The summed E-state index contributed by atoms with van der Waals surface area (Å²) < 4.78 is 1.65. The van der Waals surface area contributed by atoms with Gasteiger partial charge in [-0.3, -0.25) is 4.79 Å². The van der Waals surface area contributed by atoms with Gasteiger partial charge < -0.3 is 10.3 Å². The molecule has 5 nitrogen and oxygen atoms in total. The third kappa shape index (κ3) is 1.16. The van der Waals surface area contributed by atoms with E-state index in [1.807, 2.05) is 0 Å². The van der Waals surface area contributed by atoms with E-state index >= 15 is 0 Å². The van der Waals surface area contributed by atoms with E-state index in [4.69, 9.17) is 5.73 Å². The van der Waals surface area contributed by atoms with Gasteiger partial charge in [-0.2, -0.15) is 0 Å². The van der Waals surface area contributed by atoms with Gasteiger partial charge in [0.25, 0.3) is 0 Å². The number of nitrogens with zero attached hydrogens (tertiary/aromatic N) is 3. The summed E-state index contributed by atoms with van der Waals surface area (Å²) in [5.41, 5.74) is 5.30. The quantitative estimate of drug-likeness (QED) is 0.694. The number of hydrogen-bond acceptors (Lipinski definition) is 4. The van der Waals surface area contributed by atoms with Crippen LogP contribution in [0.3, 0.4) is 0 Å². The normalized spacial score (nSPS) is 19.0. The SMILES string of the molecule is Cn1cnnc1C(=O)C1(CN)CCC1. The smallest absolute Gasteiger partial charge is 0.207 e. The molecule has 0 unspecified atom stereocenters. The van der Waals surface area contributed by atoms with E-state index in [1.54, 1.807) is 11.6 Å². The van der Waals surface area contributed by atoms with Gasteiger partial charge >= 0.3 is 0 Å². The van der Waals surface area contributed by atoms with E-state index in [2.05, 4.69) is 10.2 Å². The molecule has 5 heteroatoms. The van der Waals surface area contributed by atoms with E-state index in [-0.39, 0.29) is 11.2 Å². The minimum atomic E-state index is -0.346. The molecule has 1 aromatic heterocycles. The monoisotopic (exact) mass is 194 g/mol. The molecule has 1 heterocycles. The summed E-state index contributed by atoms with van der Waals surface area (Å²) in [4.78, 5) is 12.1. The second kappa shape index (κ2) is 3.16. The molecule has 76 valence electrons. The fraction of sp³-hybridized carbons (Fsp3) is 0.667. The van der Waals surface area contributed by atoms with Crippen LogP contribution in [-0.4, -0.2) is 27.1 Å². The van der Waals surface area contributed by atoms with E-state index in [9.17, 15) is 4.79 Å². The highest BCUT2D eigenvalue weighted by Crippen LogP contribution is 2.42. The van der Waals surface area contributed by atoms with E-state index < -0.39 is 0 Å². The molecule has 1 aromatic rings. The highest BCUT2D eigenvalue weighted by molar-refractivity contribution is 5.98. The molecule has 0 saturated heterocycles. The largest absolute Gasteiger partial charge is 0.329 e. The minimum absolute atomic E-state index is 0.0475. The minimum Gasteiger partial charge on any atom is -0.329 e. The summed E-state index contributed by atoms with van der Waals surface area (Å²) in [6.07, 6.45) is 4.39. The molecule has 0 spiro atoms. The van der Waals surface area contributed by atoms with Crippen molar-refractivity contribution in [1.82, 2.24) is 14.8 Å². The number of carbonyl (C=O) groups excluding carboxylic acids is 1. The lowest BCUT2D eigenvalue weighted by atomic mass is 9.66. The summed E-state index contributed by atoms with van der Waals surface area (Å²) in [5.74, 6) is 0.474. The maximum Gasteiger partial charge on any atom is 0.207 e. The average Bonchev–Trinajstić information content (AvgIpc) is 2.50. The Hall–Kier alpha value is -1.23. The van der Waals surface area contributed by atoms with Gasteiger partial charge in [-0.25, -0.2) is 0 Å². The van der Waals surface area contributed by atoms with Crippen molar-refractivity contribution in [2.45, 2.75) is 19.3 Å². The Bertz CT molecular complexity index is 348. The van der Waals surface area contributed by atoms with E-state index in [0.29, 0.717) is 12.4 Å². The number of aromatic nitrogens is 3. The maximum absolute atomic E-state index is 12.1. The predicted octanol–water partition coefficient (Wildman–Crippen LogP) is 0.127. The Kier molecular flexibility index (Phi) is 2.11. The Morgan fingerprint density at radius 2 is 2.43 bits per heavy atom. The molecule has 14 heavy (non-hydrogen) atoms. The van der Waals surface area contributed by atoms with E-state index in [0.717, 1.165) is 19.3 Å². The fourth-order valence-electron chi connectivity index (χ4n) is 1.85. The first kappa shape index (κ1) is 9.33. The molecule has 1 aliphatic carbocycles. The summed E-state index contributed by atoms with van der Waals surface area (Å²) in [6, 6.07) is 0. The van der Waals surface area contributed by atoms with Crippen molar-refractivity contribution >= 4 is 5.78 Å². The first-order valence-corrected chi connectivity index (χ1v) is 4.78. The molecule has 0 bridgehead atoms. The molecule has 0 amide bonds. The van der Waals surface area contributed by atoms with Gasteiger partial charge in [0.15, 0.2) is 5.82 Å². The van der Waals surface area contributed by atoms with Gasteiger partial charge in [0.2, 0.25) is 5.78 Å². The zero-order chi connectivity index (χ0) is 10.2. The Morgan fingerprint density at radius 1 is 1.71 bits per heavy atom. The van der Waals surface area contributed by atoms with Crippen molar-refractivity contribution in [3.8, 4) is 0 Å². The number of aryl methyl sites for hydroxylation is 1. The molecule has 0 radical (unpaired) electrons. The second-order valence-electron chi connectivity index (χ2n) is 3.93. The van der Waals surface area contributed by atoms with Crippen LogP contribution in [0.2, 0.25) is 0 Å². The number of carbonyl (C=O) groups is 1. The highest BCUT2D eigenvalue weighted by Gasteiger charge is 2.44. The number of nitrogens with two attached hydrogens (primary N) is 1. The molecular weight excluding hydrogens is 180 g/mol. The van der Waals surface area contributed by atoms with Gasteiger partial charge in [0, 0.05) is 19.0 Å². The van der Waals surface area contributed by atoms with Crippen LogP contribution in [0.5, 0.6) is 0 Å². The third-order valence-corrected chi connectivity index (χ3v) is 3.10. The molecule has 0 aliphatic heterocycles. The van der Waals surface area contributed by atoms with Gasteiger partial charge in [-0.15, -0.1) is 10.2 Å². The predicted molar refractivity (Wildman–Crippen MR) is 50.7 cm³/mol. The summed E-state index contributed by atoms with van der Waals surface area (Å²) in [6.45, 7) is 0.415. The van der Waals surface area contributed by atoms with Crippen LogP contribution in [-0.2, 0) is 7.05 Å². The van der Waals surface area contributed by atoms with Crippen molar-refractivity contribution in [1.29, 1.82) is 0 Å². The number of ketones is 1. The Morgan fingerprint density at radius 3 is 2.79 bits per heavy atom. The zero-order valence-corrected chi connectivity index (χ0v) is 8.23. The van der Waals surface area contributed by atoms with E-state index in [1.165, 1.54) is 6.33 Å². The first-order chi connectivity index (χ1) is 6.69. The van der Waals surface area contributed by atoms with Gasteiger partial charge in [-0.05, 0) is 12.8 Å². The van der Waals surface area contributed by atoms with Crippen LogP contribution in [0.4, 0.5) is 0 Å². The number of rotatable bonds is 3. The second-order valence-corrected chi connectivity index (χ2v) is 3.93. The van der Waals surface area contributed by atoms with Gasteiger partial charge in [0.05, 0.1) is 0 Å². The lowest BCUT2D eigenvalue weighted by Crippen LogP contribution is -2.45. The summed E-state index contributed by atoms with van der Waals surface area (Å²) in [7, 11) is 1.77. The summed E-state index contributed by atoms with van der Waals surface area (Å²) >= 11 is 0. The molecule has 1 aliphatic rings. The van der Waals surface area contributed by atoms with Crippen molar-refractivity contribution in [2.75, 3.05) is 6.54 Å². The lowest BCUT2D eigenvalue weighted by Gasteiger charge is -2.38. The van der Waals surface area contributed by atoms with Crippen LogP contribution < -0.4 is 5.73 Å². The van der Waals surface area contributed by atoms with Gasteiger partial charge in [-0.1, -0.05) is 6.42 Å². The third-order valence-electron chi connectivity index (χ3n) is 3.10. The maximum atomic E-state index is 12.1. The highest BCUT2D eigenvalue weighted by atomic mass is 16.1. The first-order valence-electron chi connectivity index (χ1n) is 4.78. The molecular formula is C9H14N4O. The van der Waals surface area contributed by atoms with Crippen LogP contribution in [0.15, 0.2) is 6.33 Å². The van der Waals surface area contributed by atoms with Crippen LogP contribution in [0.25, 0.3) is 0 Å². The summed E-state index contributed by atoms with van der Waals surface area (Å²) in [5, 5.41) is 7.52. The average molecular weight is 194 g/mol. The molecule has 2 N–H and O–H groups in total. The standard InChI is InChI=1S/C9H14N4O/c1-13-6-11-12-8(13)7(14)9(5-10)3-2-4-9/h6H,2-5,10H2,1H3. The van der Waals surface area contributed by atoms with Gasteiger partial charge in [0.1, 0.15) is 6.33 Å². The van der Waals surface area contributed by atoms with Crippen LogP contribution >= 0.6 is 0 Å². The number of Topliss-reactive ketones (excluding diaryl/α,β-unsaturated/α-hetero) is 1. The molecule has 0 aromatic carbocycles. The molecule has 0 atom stereocenters. The van der Waals surface area contributed by atoms with Crippen molar-refractivity contribution < 1.29 is 4.79 Å². The Labute approximate surface area is 82.3 Å². The Balaban J connectivity index is 2.27. The zero-order valence-electron chi connectivity index (χ0n) is 8.23. The lowest BCUT2D eigenvalue weighted by molar-refractivity contribution is 0.0619. The van der Waals surface area contributed by atoms with Crippen LogP contribution in [0.1, 0.15) is 29.9 Å².